The van der Waals surface area contributed by atoms with Gasteiger partial charge in [-0.25, -0.2) is 0 Å². The van der Waals surface area contributed by atoms with Crippen molar-refractivity contribution in [3.05, 3.63) is 18.5 Å². The minimum Gasteiger partial charge on any atom is -0.352 e. The van der Waals surface area contributed by atoms with E-state index in [-0.39, 0.29) is 11.9 Å². The lowest BCUT2D eigenvalue weighted by atomic mass is 10.1. The van der Waals surface area contributed by atoms with Crippen LogP contribution >= 0.6 is 0 Å². The van der Waals surface area contributed by atoms with Crippen LogP contribution in [0.25, 0.3) is 0 Å². The van der Waals surface area contributed by atoms with Crippen molar-refractivity contribution in [2.24, 2.45) is 5.92 Å². The van der Waals surface area contributed by atoms with E-state index in [2.05, 4.69) is 10.4 Å². The van der Waals surface area contributed by atoms with Crippen LogP contribution in [0.1, 0.15) is 27.2 Å². The van der Waals surface area contributed by atoms with Crippen LogP contribution in [0.3, 0.4) is 0 Å². The fourth-order valence-electron chi connectivity index (χ4n) is 1.44. The van der Waals surface area contributed by atoms with Crippen LogP contribution in [-0.2, 0) is 11.3 Å². The van der Waals surface area contributed by atoms with Gasteiger partial charge in [-0.05, 0) is 18.9 Å². The highest BCUT2D eigenvalue weighted by molar-refractivity contribution is 5.76. The maximum Gasteiger partial charge on any atom is 0.220 e. The van der Waals surface area contributed by atoms with Crippen molar-refractivity contribution in [3.8, 4) is 0 Å². The Kier molecular flexibility index (Phi) is 4.34. The Morgan fingerprint density at radius 1 is 1.47 bits per heavy atom. The third kappa shape index (κ3) is 4.63. The first-order valence-electron chi connectivity index (χ1n) is 5.34. The van der Waals surface area contributed by atoms with Gasteiger partial charge < -0.3 is 5.32 Å². The maximum atomic E-state index is 11.5. The highest BCUT2D eigenvalue weighted by Crippen LogP contribution is 1.99. The standard InChI is InChI=1S/C11H19N3O/c1-9(2)7-11(15)13-10(3)8-14-6-4-5-12-14/h4-6,9-10H,7-8H2,1-3H3,(H,13,15)/t10-/m1/s1. The van der Waals surface area contributed by atoms with Crippen LogP contribution in [0.15, 0.2) is 18.5 Å². The molecule has 1 atom stereocenters. The molecule has 1 heterocycles. The molecular weight excluding hydrogens is 190 g/mol. The molecule has 15 heavy (non-hydrogen) atoms. The van der Waals surface area contributed by atoms with E-state index >= 15 is 0 Å². The highest BCUT2D eigenvalue weighted by atomic mass is 16.1. The van der Waals surface area contributed by atoms with Gasteiger partial charge in [0.1, 0.15) is 0 Å². The van der Waals surface area contributed by atoms with E-state index in [1.54, 1.807) is 6.20 Å². The van der Waals surface area contributed by atoms with Gasteiger partial charge in [-0.15, -0.1) is 0 Å². The molecule has 1 rings (SSSR count). The predicted octanol–water partition coefficient (Wildman–Crippen LogP) is 1.43. The average Bonchev–Trinajstić information content (AvgIpc) is 2.53. The van der Waals surface area contributed by atoms with Crippen molar-refractivity contribution < 1.29 is 4.79 Å². The lowest BCUT2D eigenvalue weighted by molar-refractivity contribution is -0.122. The molecular formula is C11H19N3O. The van der Waals surface area contributed by atoms with Gasteiger partial charge in [0.15, 0.2) is 0 Å². The molecule has 0 aliphatic carbocycles. The topological polar surface area (TPSA) is 46.9 Å². The first-order valence-corrected chi connectivity index (χ1v) is 5.34. The molecule has 0 unspecified atom stereocenters. The van der Waals surface area contributed by atoms with Gasteiger partial charge >= 0.3 is 0 Å². The zero-order chi connectivity index (χ0) is 11.3. The monoisotopic (exact) mass is 209 g/mol. The van der Waals surface area contributed by atoms with Gasteiger partial charge in [-0.3, -0.25) is 9.48 Å². The van der Waals surface area contributed by atoms with Crippen LogP contribution in [0.4, 0.5) is 0 Å². The Balaban J connectivity index is 2.29. The molecule has 1 aromatic heterocycles. The fraction of sp³-hybridized carbons (Fsp3) is 0.636. The molecule has 4 heteroatoms. The molecule has 0 fully saturated rings. The van der Waals surface area contributed by atoms with Crippen molar-refractivity contribution in [1.82, 2.24) is 15.1 Å². The molecule has 0 saturated heterocycles. The summed E-state index contributed by atoms with van der Waals surface area (Å²) in [7, 11) is 0. The second-order valence-electron chi connectivity index (χ2n) is 4.29. The lowest BCUT2D eigenvalue weighted by Crippen LogP contribution is -2.36. The summed E-state index contributed by atoms with van der Waals surface area (Å²) < 4.78 is 1.82. The lowest BCUT2D eigenvalue weighted by Gasteiger charge is -2.14. The van der Waals surface area contributed by atoms with Gasteiger partial charge in [0, 0.05) is 24.9 Å². The van der Waals surface area contributed by atoms with Crippen molar-refractivity contribution >= 4 is 5.91 Å². The largest absolute Gasteiger partial charge is 0.352 e. The molecule has 0 aliphatic rings. The van der Waals surface area contributed by atoms with Crippen molar-refractivity contribution in [3.63, 3.8) is 0 Å². The Morgan fingerprint density at radius 3 is 2.73 bits per heavy atom. The number of nitrogens with zero attached hydrogens (tertiary/aromatic N) is 2. The minimum atomic E-state index is 0.115. The summed E-state index contributed by atoms with van der Waals surface area (Å²) in [6.45, 7) is 6.78. The SMILES string of the molecule is CC(C)CC(=O)N[C@H](C)Cn1cccn1. The Hall–Kier alpha value is -1.32. The number of amides is 1. The number of hydrogen-bond donors (Lipinski definition) is 1. The van der Waals surface area contributed by atoms with Gasteiger partial charge in [-0.1, -0.05) is 13.8 Å². The Bertz CT molecular complexity index is 293. The number of hydrogen-bond acceptors (Lipinski definition) is 2. The number of aromatic nitrogens is 2. The number of carbonyl (C=O) groups is 1. The predicted molar refractivity (Wildman–Crippen MR) is 59.3 cm³/mol. The van der Waals surface area contributed by atoms with Gasteiger partial charge in [-0.2, -0.15) is 5.10 Å². The quantitative estimate of drug-likeness (QED) is 0.797. The fourth-order valence-corrected chi connectivity index (χ4v) is 1.44. The number of nitrogens with one attached hydrogen (secondary N) is 1. The third-order valence-electron chi connectivity index (χ3n) is 2.02. The summed E-state index contributed by atoms with van der Waals surface area (Å²) >= 11 is 0. The van der Waals surface area contributed by atoms with Crippen LogP contribution in [0, 0.1) is 5.92 Å². The molecule has 0 bridgehead atoms. The Labute approximate surface area is 90.7 Å². The zero-order valence-electron chi connectivity index (χ0n) is 9.60. The first kappa shape index (κ1) is 11.8. The first-order chi connectivity index (χ1) is 7.08. The zero-order valence-corrected chi connectivity index (χ0v) is 9.60. The molecule has 84 valence electrons. The smallest absolute Gasteiger partial charge is 0.220 e. The van der Waals surface area contributed by atoms with Gasteiger partial charge in [0.2, 0.25) is 5.91 Å². The molecule has 4 nitrogen and oxygen atoms in total. The average molecular weight is 209 g/mol. The normalized spacial score (nSPS) is 12.8. The summed E-state index contributed by atoms with van der Waals surface area (Å²) in [6, 6.07) is 2.00. The molecule has 1 N–H and O–H groups in total. The molecule has 0 saturated carbocycles. The molecule has 0 aliphatic heterocycles. The minimum absolute atomic E-state index is 0.115. The van der Waals surface area contributed by atoms with Crippen molar-refractivity contribution in [2.75, 3.05) is 0 Å². The summed E-state index contributed by atoms with van der Waals surface area (Å²) in [6.07, 6.45) is 4.22. The molecule has 1 amide bonds. The van der Waals surface area contributed by atoms with E-state index in [0.717, 1.165) is 6.54 Å². The number of carbonyl (C=O) groups excluding carboxylic acids is 1. The van der Waals surface area contributed by atoms with Crippen LogP contribution in [0.2, 0.25) is 0 Å². The summed E-state index contributed by atoms with van der Waals surface area (Å²) in [5.74, 6) is 0.520. The van der Waals surface area contributed by atoms with Crippen LogP contribution < -0.4 is 5.32 Å². The summed E-state index contributed by atoms with van der Waals surface area (Å²) in [4.78, 5) is 11.5. The highest BCUT2D eigenvalue weighted by Gasteiger charge is 2.09. The van der Waals surface area contributed by atoms with Gasteiger partial charge in [0.05, 0.1) is 6.54 Å². The molecule has 0 spiro atoms. The van der Waals surface area contributed by atoms with E-state index in [1.165, 1.54) is 0 Å². The summed E-state index contributed by atoms with van der Waals surface area (Å²) in [5, 5.41) is 7.04. The second-order valence-corrected chi connectivity index (χ2v) is 4.29. The van der Waals surface area contributed by atoms with E-state index in [4.69, 9.17) is 0 Å². The van der Waals surface area contributed by atoms with Crippen LogP contribution in [-0.4, -0.2) is 21.7 Å². The van der Waals surface area contributed by atoms with Crippen molar-refractivity contribution in [1.29, 1.82) is 0 Å². The Morgan fingerprint density at radius 2 is 2.20 bits per heavy atom. The van der Waals surface area contributed by atoms with Crippen LogP contribution in [0.5, 0.6) is 0 Å². The van der Waals surface area contributed by atoms with E-state index in [1.807, 2.05) is 37.7 Å². The molecule has 1 aromatic rings. The summed E-state index contributed by atoms with van der Waals surface area (Å²) in [5.41, 5.74) is 0. The van der Waals surface area contributed by atoms with E-state index in [0.29, 0.717) is 12.3 Å². The van der Waals surface area contributed by atoms with Gasteiger partial charge in [0.25, 0.3) is 0 Å². The van der Waals surface area contributed by atoms with E-state index in [9.17, 15) is 4.79 Å². The van der Waals surface area contributed by atoms with Crippen molar-refractivity contribution in [2.45, 2.75) is 39.8 Å². The molecule has 0 aromatic carbocycles. The second kappa shape index (κ2) is 5.53. The maximum absolute atomic E-state index is 11.5. The molecule has 0 radical (unpaired) electrons. The van der Waals surface area contributed by atoms with E-state index < -0.39 is 0 Å². The number of rotatable bonds is 5. The third-order valence-corrected chi connectivity index (χ3v) is 2.02.